The molecule has 18 heteroatoms. The smallest absolute Gasteiger partial charge is 0.237 e. The van der Waals surface area contributed by atoms with Crippen molar-refractivity contribution in [1.82, 2.24) is 61.9 Å². The third-order valence-corrected chi connectivity index (χ3v) is 18.3. The van der Waals surface area contributed by atoms with Gasteiger partial charge in [0.2, 0.25) is 23.6 Å². The fourth-order valence-electron chi connectivity index (χ4n) is 13.3. The predicted octanol–water partition coefficient (Wildman–Crippen LogP) is 7.08. The molecule has 4 aliphatic carbocycles. The first kappa shape index (κ1) is 59.7. The average molecular weight is 1120 g/mol. The number of unbranched alkanes of at least 4 members (excludes halogenated alkanes) is 2. The predicted molar refractivity (Wildman–Crippen MR) is 312 cm³/mol. The summed E-state index contributed by atoms with van der Waals surface area (Å²) in [5.41, 5.74) is 5.62. The molecule has 4 aliphatic rings. The molecule has 0 spiro atoms. The van der Waals surface area contributed by atoms with Gasteiger partial charge in [-0.2, -0.15) is 0 Å². The van der Waals surface area contributed by atoms with Crippen molar-refractivity contribution in [2.24, 2.45) is 35.5 Å². The van der Waals surface area contributed by atoms with Crippen LogP contribution in [0.15, 0.2) is 97.3 Å². The molecule has 0 bridgehead atoms. The van der Waals surface area contributed by atoms with Gasteiger partial charge in [0.05, 0.1) is 48.6 Å². The Kier molecular flexibility index (Phi) is 21.0. The molecule has 12 atom stereocenters. The van der Waals surface area contributed by atoms with Gasteiger partial charge in [0.15, 0.2) is 11.6 Å². The SMILES string of the molecule is CN[C@@H](C)C(=O)N[C@H]1CCCC[C@H]2CCC(C(=O)N[C@@H](c3ccccc3)c3cn(CCCCc4ccc(CCCCn5cc([C@@H](NC(=O)C6CC[C@@H]7CCCC[C@H](NC(=O)[C@H](C)NC)C(=O)C67)c6ccccc6)nn5)cc4)nn3)C2C1=O. The highest BCUT2D eigenvalue weighted by molar-refractivity contribution is 5.97. The van der Waals surface area contributed by atoms with Crippen LogP contribution in [0.5, 0.6) is 0 Å². The number of likely N-dealkylation sites (N-methyl/N-ethyl adjacent to an activating group) is 2. The molecule has 0 saturated heterocycles. The number of Topliss-reactive ketones (excluding diaryl/α,β-unsaturated/α-hetero) is 2. The number of hydrogen-bond donors (Lipinski definition) is 6. The molecule has 2 heterocycles. The van der Waals surface area contributed by atoms with Crippen LogP contribution in [-0.4, -0.2) is 103 Å². The van der Waals surface area contributed by atoms with Crippen molar-refractivity contribution in [3.8, 4) is 0 Å². The number of nitrogens with zero attached hydrogens (tertiary/aromatic N) is 6. The number of benzene rings is 3. The van der Waals surface area contributed by atoms with Crippen molar-refractivity contribution >= 4 is 35.2 Å². The number of carbonyl (C=O) groups excluding carboxylic acids is 6. The lowest BCUT2D eigenvalue weighted by Crippen LogP contribution is -2.52. The number of ketones is 2. The first-order chi connectivity index (χ1) is 39.9. The van der Waals surface area contributed by atoms with Gasteiger partial charge in [0.1, 0.15) is 11.4 Å². The monoisotopic (exact) mass is 1120 g/mol. The van der Waals surface area contributed by atoms with Crippen molar-refractivity contribution in [3.63, 3.8) is 0 Å². The van der Waals surface area contributed by atoms with Crippen LogP contribution >= 0.6 is 0 Å². The van der Waals surface area contributed by atoms with E-state index in [1.807, 2.05) is 82.4 Å². The maximum absolute atomic E-state index is 14.3. The normalized spacial score (nSPS) is 24.3. The van der Waals surface area contributed by atoms with E-state index in [0.29, 0.717) is 50.2 Å². The number of rotatable bonds is 24. The number of carbonyl (C=O) groups is 6. The van der Waals surface area contributed by atoms with E-state index in [1.165, 1.54) is 11.1 Å². The van der Waals surface area contributed by atoms with E-state index in [2.05, 4.69) is 76.8 Å². The first-order valence-electron chi connectivity index (χ1n) is 30.5. The van der Waals surface area contributed by atoms with Crippen molar-refractivity contribution in [2.45, 2.75) is 179 Å². The van der Waals surface area contributed by atoms with Gasteiger partial charge in [-0.15, -0.1) is 10.2 Å². The highest BCUT2D eigenvalue weighted by Crippen LogP contribution is 2.45. The lowest BCUT2D eigenvalue weighted by atomic mass is 9.77. The molecule has 6 N–H and O–H groups in total. The zero-order valence-corrected chi connectivity index (χ0v) is 48.4. The highest BCUT2D eigenvalue weighted by Gasteiger charge is 2.49. The molecule has 4 amide bonds. The summed E-state index contributed by atoms with van der Waals surface area (Å²) in [4.78, 5) is 82.8. The van der Waals surface area contributed by atoms with Crippen molar-refractivity contribution < 1.29 is 28.8 Å². The molecule has 18 nitrogen and oxygen atoms in total. The number of aromatic nitrogens is 6. The minimum Gasteiger partial charge on any atom is -0.345 e. The van der Waals surface area contributed by atoms with E-state index >= 15 is 0 Å². The van der Waals surface area contributed by atoms with Crippen molar-refractivity contribution in [3.05, 3.63) is 131 Å². The van der Waals surface area contributed by atoms with Crippen LogP contribution in [0.4, 0.5) is 0 Å². The Morgan fingerprint density at radius 3 is 1.29 bits per heavy atom. The minimum absolute atomic E-state index is 0.0206. The average Bonchev–Trinajstić information content (AvgIpc) is 4.39. The van der Waals surface area contributed by atoms with Crippen molar-refractivity contribution in [2.75, 3.05) is 14.1 Å². The van der Waals surface area contributed by atoms with Gasteiger partial charge in [-0.25, -0.2) is 0 Å². The minimum atomic E-state index is -0.601. The Labute approximate surface area is 483 Å². The summed E-state index contributed by atoms with van der Waals surface area (Å²) >= 11 is 0. The van der Waals surface area contributed by atoms with E-state index in [0.717, 1.165) is 101 Å². The van der Waals surface area contributed by atoms with Crippen LogP contribution in [0.1, 0.15) is 162 Å². The highest BCUT2D eigenvalue weighted by atomic mass is 16.2. The molecule has 3 aromatic carbocycles. The van der Waals surface area contributed by atoms with Crippen LogP contribution in [0.2, 0.25) is 0 Å². The van der Waals surface area contributed by atoms with Crippen LogP contribution in [0.3, 0.4) is 0 Å². The zero-order chi connectivity index (χ0) is 57.5. The van der Waals surface area contributed by atoms with Crippen LogP contribution in [0.25, 0.3) is 0 Å². The summed E-state index contributed by atoms with van der Waals surface area (Å²) in [6.07, 6.45) is 19.0. The van der Waals surface area contributed by atoms with Gasteiger partial charge in [0, 0.05) is 36.8 Å². The molecule has 9 rings (SSSR count). The Bertz CT molecular complexity index is 2720. The molecular formula is C64H86N12O6. The Morgan fingerprint density at radius 2 is 0.902 bits per heavy atom. The van der Waals surface area contributed by atoms with E-state index in [1.54, 1.807) is 27.9 Å². The summed E-state index contributed by atoms with van der Waals surface area (Å²) < 4.78 is 3.70. The third kappa shape index (κ3) is 15.0. The van der Waals surface area contributed by atoms with E-state index in [-0.39, 0.29) is 47.0 Å². The van der Waals surface area contributed by atoms with Crippen LogP contribution in [0, 0.1) is 35.5 Å². The maximum atomic E-state index is 14.3. The molecule has 438 valence electrons. The van der Waals surface area contributed by atoms with Gasteiger partial charge < -0.3 is 31.9 Å². The molecule has 4 saturated carbocycles. The number of fused-ring (bicyclic) bond motifs is 2. The quantitative estimate of drug-likeness (QED) is 0.0340. The maximum Gasteiger partial charge on any atom is 0.237 e. The zero-order valence-electron chi connectivity index (χ0n) is 48.4. The Balaban J connectivity index is 0.734. The van der Waals surface area contributed by atoms with E-state index in [4.69, 9.17) is 0 Å². The molecule has 4 unspecified atom stereocenters. The lowest BCUT2D eigenvalue weighted by Gasteiger charge is -2.31. The molecule has 4 fully saturated rings. The van der Waals surface area contributed by atoms with Gasteiger partial charge >= 0.3 is 0 Å². The number of amides is 4. The van der Waals surface area contributed by atoms with Crippen molar-refractivity contribution in [1.29, 1.82) is 0 Å². The second-order valence-corrected chi connectivity index (χ2v) is 23.7. The second-order valence-electron chi connectivity index (χ2n) is 23.7. The largest absolute Gasteiger partial charge is 0.345 e. The fraction of sp³-hybridized carbons (Fsp3) is 0.562. The summed E-state index contributed by atoms with van der Waals surface area (Å²) in [5, 5.41) is 36.6. The topological polar surface area (TPSA) is 236 Å². The summed E-state index contributed by atoms with van der Waals surface area (Å²) in [5.74, 6) is -2.39. The summed E-state index contributed by atoms with van der Waals surface area (Å²) in [6.45, 7) is 4.91. The molecule has 2 aromatic heterocycles. The van der Waals surface area contributed by atoms with E-state index in [9.17, 15) is 28.8 Å². The molecule has 82 heavy (non-hydrogen) atoms. The first-order valence-corrected chi connectivity index (χ1v) is 30.5. The molecule has 0 aliphatic heterocycles. The number of hydrogen-bond acceptors (Lipinski definition) is 12. The number of nitrogens with one attached hydrogen (secondary N) is 6. The second kappa shape index (κ2) is 28.9. The van der Waals surface area contributed by atoms with Gasteiger partial charge in [-0.3, -0.25) is 38.1 Å². The molecular weight excluding hydrogens is 1030 g/mol. The standard InChI is InChI=1S/C64H86N12O6/c1-41(65-3)61(79)67-51-27-13-11-21-45-33-35-49(55(45)59(51)77)63(81)69-57(47-23-7-5-8-24-47)53-39-75(73-71-53)37-17-15-19-43-29-31-44(32-30-43)20-16-18-38-76-40-54(72-74-76)58(48-25-9-6-10-26-48)70-64(82)50-36-34-46-22-12-14-28-52(60(78)56(46)50)68-62(80)42(2)66-4/h5-10,23-26,29-32,39-42,45-46,49-52,55-58,65-66H,11-22,27-28,33-38H2,1-4H3,(H,67,79)(H,68,80)(H,69,81)(H,70,82)/t41-,42-,45-,46-,49?,50?,51-,52-,55?,56?,57-,58-/m0/s1. The third-order valence-electron chi connectivity index (χ3n) is 18.3. The Hall–Kier alpha value is -6.92. The summed E-state index contributed by atoms with van der Waals surface area (Å²) in [7, 11) is 3.45. The van der Waals surface area contributed by atoms with Gasteiger partial charge in [-0.05, 0) is 152 Å². The molecule has 0 radical (unpaired) electrons. The fourth-order valence-corrected chi connectivity index (χ4v) is 13.3. The molecule has 5 aromatic rings. The van der Waals surface area contributed by atoms with Crippen LogP contribution in [-0.2, 0) is 54.7 Å². The Morgan fingerprint density at radius 1 is 0.512 bits per heavy atom. The van der Waals surface area contributed by atoms with E-state index < -0.39 is 59.9 Å². The lowest BCUT2D eigenvalue weighted by molar-refractivity contribution is -0.137. The van der Waals surface area contributed by atoms with Gasteiger partial charge in [-0.1, -0.05) is 121 Å². The summed E-state index contributed by atoms with van der Waals surface area (Å²) in [6, 6.07) is 25.3. The number of aryl methyl sites for hydroxylation is 4. The van der Waals surface area contributed by atoms with Gasteiger partial charge in [0.25, 0.3) is 0 Å². The van der Waals surface area contributed by atoms with Crippen LogP contribution < -0.4 is 31.9 Å².